The van der Waals surface area contributed by atoms with Crippen molar-refractivity contribution in [3.63, 3.8) is 0 Å². The van der Waals surface area contributed by atoms with Crippen LogP contribution in [0, 0.1) is 0 Å². The van der Waals surface area contributed by atoms with Crippen LogP contribution >= 0.6 is 0 Å². The zero-order valence-corrected chi connectivity index (χ0v) is 34.2. The van der Waals surface area contributed by atoms with Crippen LogP contribution in [-0.2, 0) is 0 Å². The standard InChI is InChI=1S/C58H34N4O2/c1-5-21-47-37(13-1)41-33-35(29-31-49(41)61(47)51-23-11-27-55-57(51)39-15-3-7-25-53(39)63-55)43-17-9-19-45(59-43)46-20-10-18-44(60-46)36-30-32-50-42(34-36)38-14-2-6-22-48(38)62(50)52-24-12-28-56-58(52)40-16-4-8-26-54(40)64-56/h1-34H. The Morgan fingerprint density at radius 3 is 1.14 bits per heavy atom. The Hall–Kier alpha value is -8.74. The fourth-order valence-electron chi connectivity index (χ4n) is 10.1. The van der Waals surface area contributed by atoms with Crippen molar-refractivity contribution >= 4 is 87.5 Å². The van der Waals surface area contributed by atoms with Crippen LogP contribution in [0.2, 0.25) is 0 Å². The summed E-state index contributed by atoms with van der Waals surface area (Å²) in [5.41, 5.74) is 15.8. The third-order valence-corrected chi connectivity index (χ3v) is 12.9. The van der Waals surface area contributed by atoms with Crippen molar-refractivity contribution in [1.29, 1.82) is 0 Å². The van der Waals surface area contributed by atoms with Crippen molar-refractivity contribution in [1.82, 2.24) is 19.1 Å². The van der Waals surface area contributed by atoms with Crippen LogP contribution in [0.25, 0.3) is 133 Å². The minimum Gasteiger partial charge on any atom is -0.456 e. The van der Waals surface area contributed by atoms with E-state index in [0.29, 0.717) is 0 Å². The predicted molar refractivity (Wildman–Crippen MR) is 262 cm³/mol. The summed E-state index contributed by atoms with van der Waals surface area (Å²) in [5, 5.41) is 9.12. The molecule has 0 spiro atoms. The first-order valence-corrected chi connectivity index (χ1v) is 21.6. The highest BCUT2D eigenvalue weighted by molar-refractivity contribution is 6.16. The van der Waals surface area contributed by atoms with Gasteiger partial charge in [0.25, 0.3) is 0 Å². The second-order valence-electron chi connectivity index (χ2n) is 16.5. The summed E-state index contributed by atoms with van der Waals surface area (Å²) in [5.74, 6) is 0. The van der Waals surface area contributed by atoms with Gasteiger partial charge in [0, 0.05) is 43.4 Å². The maximum Gasteiger partial charge on any atom is 0.137 e. The van der Waals surface area contributed by atoms with Gasteiger partial charge in [-0.25, -0.2) is 9.97 Å². The van der Waals surface area contributed by atoms with Gasteiger partial charge in [-0.2, -0.15) is 0 Å². The third kappa shape index (κ3) is 5.08. The Bertz CT molecular complexity index is 3950. The van der Waals surface area contributed by atoms with Gasteiger partial charge in [-0.15, -0.1) is 0 Å². The van der Waals surface area contributed by atoms with Gasteiger partial charge in [0.2, 0.25) is 0 Å². The Balaban J connectivity index is 0.860. The minimum absolute atomic E-state index is 0.818. The van der Waals surface area contributed by atoms with Gasteiger partial charge in [-0.1, -0.05) is 109 Å². The molecule has 64 heavy (non-hydrogen) atoms. The molecule has 0 atom stereocenters. The third-order valence-electron chi connectivity index (χ3n) is 12.9. The van der Waals surface area contributed by atoms with Crippen LogP contribution in [0.15, 0.2) is 215 Å². The number of para-hydroxylation sites is 4. The summed E-state index contributed by atoms with van der Waals surface area (Å²) in [6.45, 7) is 0. The Morgan fingerprint density at radius 1 is 0.281 bits per heavy atom. The molecule has 6 nitrogen and oxygen atoms in total. The highest BCUT2D eigenvalue weighted by Crippen LogP contribution is 2.42. The van der Waals surface area contributed by atoms with E-state index in [1.807, 2.05) is 36.4 Å². The zero-order valence-electron chi connectivity index (χ0n) is 34.2. The van der Waals surface area contributed by atoms with Gasteiger partial charge in [0.1, 0.15) is 22.3 Å². The summed E-state index contributed by atoms with van der Waals surface area (Å²) >= 11 is 0. The molecule has 0 bridgehead atoms. The molecule has 0 saturated heterocycles. The fraction of sp³-hybridized carbons (Fsp3) is 0. The van der Waals surface area contributed by atoms with Gasteiger partial charge in [-0.3, -0.25) is 0 Å². The lowest BCUT2D eigenvalue weighted by atomic mass is 10.0. The molecule has 0 radical (unpaired) electrons. The number of pyridine rings is 2. The lowest BCUT2D eigenvalue weighted by Gasteiger charge is -2.11. The van der Waals surface area contributed by atoms with Crippen LogP contribution in [0.3, 0.4) is 0 Å². The van der Waals surface area contributed by atoms with E-state index in [0.717, 1.165) is 122 Å². The smallest absolute Gasteiger partial charge is 0.137 e. The first-order chi connectivity index (χ1) is 31.7. The summed E-state index contributed by atoms with van der Waals surface area (Å²) in [7, 11) is 0. The number of hydrogen-bond acceptors (Lipinski definition) is 4. The summed E-state index contributed by atoms with van der Waals surface area (Å²) < 4.78 is 17.4. The first-order valence-electron chi connectivity index (χ1n) is 21.6. The van der Waals surface area contributed by atoms with Crippen molar-refractivity contribution in [2.75, 3.05) is 0 Å². The van der Waals surface area contributed by atoms with Crippen LogP contribution in [0.5, 0.6) is 0 Å². The van der Waals surface area contributed by atoms with Gasteiger partial charge in [-0.05, 0) is 97.1 Å². The molecule has 6 heteroatoms. The largest absolute Gasteiger partial charge is 0.456 e. The van der Waals surface area contributed by atoms with Crippen LogP contribution in [0.4, 0.5) is 0 Å². The predicted octanol–water partition coefficient (Wildman–Crippen LogP) is 15.5. The summed E-state index contributed by atoms with van der Waals surface area (Å²) in [6, 6.07) is 72.3. The molecule has 0 unspecified atom stereocenters. The molecular formula is C58H34N4O2. The summed E-state index contributed by atoms with van der Waals surface area (Å²) in [6.07, 6.45) is 0. The van der Waals surface area contributed by atoms with Crippen LogP contribution < -0.4 is 0 Å². The monoisotopic (exact) mass is 818 g/mol. The second kappa shape index (κ2) is 13.4. The fourth-order valence-corrected chi connectivity index (χ4v) is 10.1. The molecule has 6 aromatic heterocycles. The maximum absolute atomic E-state index is 6.31. The average molecular weight is 819 g/mol. The van der Waals surface area contributed by atoms with Crippen LogP contribution in [-0.4, -0.2) is 19.1 Å². The zero-order chi connectivity index (χ0) is 41.9. The molecular weight excluding hydrogens is 785 g/mol. The molecule has 0 N–H and O–H groups in total. The minimum atomic E-state index is 0.818. The number of fused-ring (bicyclic) bond motifs is 12. The Labute approximate surface area is 365 Å². The second-order valence-corrected chi connectivity index (χ2v) is 16.5. The van der Waals surface area contributed by atoms with Gasteiger partial charge in [0.15, 0.2) is 0 Å². The first kappa shape index (κ1) is 34.9. The number of benzene rings is 8. The lowest BCUT2D eigenvalue weighted by Crippen LogP contribution is -1.95. The lowest BCUT2D eigenvalue weighted by molar-refractivity contribution is 0.668. The van der Waals surface area contributed by atoms with Gasteiger partial charge in [0.05, 0.1) is 67.0 Å². The van der Waals surface area contributed by atoms with Gasteiger partial charge >= 0.3 is 0 Å². The van der Waals surface area contributed by atoms with Crippen LogP contribution in [0.1, 0.15) is 0 Å². The van der Waals surface area contributed by atoms with E-state index in [1.165, 1.54) is 10.8 Å². The number of aromatic nitrogens is 4. The van der Waals surface area contributed by atoms with E-state index in [4.69, 9.17) is 18.8 Å². The van der Waals surface area contributed by atoms with E-state index in [-0.39, 0.29) is 0 Å². The number of nitrogens with zero attached hydrogens (tertiary/aromatic N) is 4. The average Bonchev–Trinajstić information content (AvgIpc) is 4.11. The molecule has 14 rings (SSSR count). The topological polar surface area (TPSA) is 61.9 Å². The Morgan fingerprint density at radius 2 is 0.656 bits per heavy atom. The van der Waals surface area contributed by atoms with Crippen molar-refractivity contribution in [3.05, 3.63) is 206 Å². The van der Waals surface area contributed by atoms with Crippen molar-refractivity contribution in [3.8, 4) is 45.3 Å². The quantitative estimate of drug-likeness (QED) is 0.174. The van der Waals surface area contributed by atoms with Gasteiger partial charge < -0.3 is 18.0 Å². The van der Waals surface area contributed by atoms with E-state index < -0.39 is 0 Å². The molecule has 8 aromatic carbocycles. The molecule has 0 amide bonds. The molecule has 14 aromatic rings. The summed E-state index contributed by atoms with van der Waals surface area (Å²) in [4.78, 5) is 10.5. The Kier molecular flexibility index (Phi) is 7.30. The number of hydrogen-bond donors (Lipinski definition) is 0. The van der Waals surface area contributed by atoms with E-state index in [9.17, 15) is 0 Å². The van der Waals surface area contributed by atoms with Crippen molar-refractivity contribution in [2.45, 2.75) is 0 Å². The van der Waals surface area contributed by atoms with E-state index >= 15 is 0 Å². The highest BCUT2D eigenvalue weighted by atomic mass is 16.3. The molecule has 0 fully saturated rings. The number of rotatable bonds is 5. The van der Waals surface area contributed by atoms with Crippen molar-refractivity contribution in [2.24, 2.45) is 0 Å². The molecule has 0 aliphatic carbocycles. The highest BCUT2D eigenvalue weighted by Gasteiger charge is 2.20. The molecule has 298 valence electrons. The van der Waals surface area contributed by atoms with Crippen molar-refractivity contribution < 1.29 is 8.83 Å². The van der Waals surface area contributed by atoms with E-state index in [1.54, 1.807) is 0 Å². The SMILES string of the molecule is c1cc(-c2ccc3c(c2)c2ccccc2n3-c2cccc3oc4ccccc4c23)nc(-c2cccc(-c3ccc4c(c3)c3ccccc3n4-c3cccc4oc5ccccc5c34)n2)c1. The maximum atomic E-state index is 6.31. The van der Waals surface area contributed by atoms with E-state index in [2.05, 4.69) is 179 Å². The number of furan rings is 2. The molecule has 0 aliphatic heterocycles. The molecule has 0 aliphatic rings. The molecule has 0 saturated carbocycles. The molecule has 6 heterocycles. The normalized spacial score (nSPS) is 12.1.